The summed E-state index contributed by atoms with van der Waals surface area (Å²) in [7, 11) is 1.62. The third kappa shape index (κ3) is 5.56. The number of aryl methyl sites for hydroxylation is 1. The molecule has 0 N–H and O–H groups in total. The molecule has 0 saturated carbocycles. The molecule has 31 heavy (non-hydrogen) atoms. The molecule has 0 radical (unpaired) electrons. The van der Waals surface area contributed by atoms with E-state index in [1.54, 1.807) is 7.11 Å². The molecule has 0 heterocycles. The van der Waals surface area contributed by atoms with Crippen molar-refractivity contribution in [2.24, 2.45) is 0 Å². The van der Waals surface area contributed by atoms with E-state index in [0.717, 1.165) is 31.2 Å². The van der Waals surface area contributed by atoms with Crippen LogP contribution in [0.3, 0.4) is 0 Å². The zero-order chi connectivity index (χ0) is 22.2. The van der Waals surface area contributed by atoms with Crippen LogP contribution < -0.4 is 8.92 Å². The highest BCUT2D eigenvalue weighted by atomic mass is 32.2. The van der Waals surface area contributed by atoms with Gasteiger partial charge in [-0.2, -0.15) is 0 Å². The van der Waals surface area contributed by atoms with Crippen molar-refractivity contribution in [1.29, 1.82) is 0 Å². The van der Waals surface area contributed by atoms with Crippen LogP contribution in [0.15, 0.2) is 71.6 Å². The van der Waals surface area contributed by atoms with E-state index in [1.165, 1.54) is 16.7 Å². The highest BCUT2D eigenvalue weighted by molar-refractivity contribution is 7.80. The lowest BCUT2D eigenvalue weighted by Gasteiger charge is -2.21. The van der Waals surface area contributed by atoms with Gasteiger partial charge in [-0.15, -0.1) is 0 Å². The number of hydrogen-bond acceptors (Lipinski definition) is 3. The van der Waals surface area contributed by atoms with Gasteiger partial charge in [0.05, 0.1) is 12.0 Å². The molecule has 2 unspecified atom stereocenters. The van der Waals surface area contributed by atoms with E-state index in [4.69, 9.17) is 8.92 Å². The molecule has 0 aromatic heterocycles. The molecule has 0 amide bonds. The predicted molar refractivity (Wildman–Crippen MR) is 128 cm³/mol. The first-order valence-corrected chi connectivity index (χ1v) is 12.1. The van der Waals surface area contributed by atoms with Gasteiger partial charge in [0.1, 0.15) is 0 Å². The maximum Gasteiger partial charge on any atom is 0.240 e. The Morgan fingerprint density at radius 2 is 1.61 bits per heavy atom. The fourth-order valence-corrected chi connectivity index (χ4v) is 4.89. The number of ether oxygens (including phenoxy) is 1. The van der Waals surface area contributed by atoms with Gasteiger partial charge in [-0.3, -0.25) is 0 Å². The normalized spacial score (nSPS) is 12.9. The van der Waals surface area contributed by atoms with Gasteiger partial charge in [0, 0.05) is 5.56 Å². The van der Waals surface area contributed by atoms with E-state index in [1.807, 2.05) is 36.4 Å². The second-order valence-corrected chi connectivity index (χ2v) is 8.88. The SMILES string of the molecule is CCCc1ccccc1C(C)Cc1ccc(OC)c(OS(=O)c2ccccc2)c1CC. The first-order chi connectivity index (χ1) is 15.1. The van der Waals surface area contributed by atoms with Gasteiger partial charge in [-0.25, -0.2) is 4.21 Å². The van der Waals surface area contributed by atoms with Gasteiger partial charge < -0.3 is 8.92 Å². The molecule has 0 aliphatic carbocycles. The van der Waals surface area contributed by atoms with E-state index in [9.17, 15) is 4.21 Å². The second kappa shape index (κ2) is 11.1. The van der Waals surface area contributed by atoms with E-state index in [0.29, 0.717) is 22.3 Å². The van der Waals surface area contributed by atoms with Crippen molar-refractivity contribution in [3.05, 3.63) is 89.0 Å². The second-order valence-electron chi connectivity index (χ2n) is 7.77. The summed E-state index contributed by atoms with van der Waals surface area (Å²) in [5.74, 6) is 1.57. The number of benzene rings is 3. The Balaban J connectivity index is 1.93. The number of methoxy groups -OCH3 is 1. The summed E-state index contributed by atoms with van der Waals surface area (Å²) in [4.78, 5) is 0.638. The van der Waals surface area contributed by atoms with Crippen LogP contribution in [-0.2, 0) is 30.3 Å². The maximum atomic E-state index is 12.9. The molecular formula is C27H32O3S. The summed E-state index contributed by atoms with van der Waals surface area (Å²) < 4.78 is 24.4. The van der Waals surface area contributed by atoms with Crippen molar-refractivity contribution >= 4 is 11.1 Å². The van der Waals surface area contributed by atoms with Crippen LogP contribution in [0.4, 0.5) is 0 Å². The van der Waals surface area contributed by atoms with Gasteiger partial charge in [-0.1, -0.05) is 75.7 Å². The fraction of sp³-hybridized carbons (Fsp3) is 0.333. The average Bonchev–Trinajstić information content (AvgIpc) is 2.80. The molecule has 3 nitrogen and oxygen atoms in total. The van der Waals surface area contributed by atoms with Crippen molar-refractivity contribution in [1.82, 2.24) is 0 Å². The van der Waals surface area contributed by atoms with Crippen LogP contribution in [-0.4, -0.2) is 11.3 Å². The molecule has 4 heteroatoms. The Morgan fingerprint density at radius 1 is 0.903 bits per heavy atom. The van der Waals surface area contributed by atoms with E-state index in [-0.39, 0.29) is 0 Å². The van der Waals surface area contributed by atoms with Crippen molar-refractivity contribution in [2.45, 2.75) is 57.3 Å². The number of hydrogen-bond donors (Lipinski definition) is 0. The third-order valence-electron chi connectivity index (χ3n) is 5.62. The molecule has 0 bridgehead atoms. The Kier molecular flexibility index (Phi) is 8.30. The molecule has 0 spiro atoms. The van der Waals surface area contributed by atoms with Crippen LogP contribution in [0.25, 0.3) is 0 Å². The van der Waals surface area contributed by atoms with Crippen molar-refractivity contribution in [3.8, 4) is 11.5 Å². The molecule has 0 aliphatic heterocycles. The minimum absolute atomic E-state index is 0.369. The van der Waals surface area contributed by atoms with Crippen LogP contribution in [0.2, 0.25) is 0 Å². The zero-order valence-electron chi connectivity index (χ0n) is 18.9. The molecule has 3 aromatic rings. The van der Waals surface area contributed by atoms with Crippen LogP contribution in [0, 0.1) is 0 Å². The molecule has 0 saturated heterocycles. The molecule has 3 rings (SSSR count). The summed E-state index contributed by atoms with van der Waals surface area (Å²) in [6.07, 6.45) is 3.89. The smallest absolute Gasteiger partial charge is 0.240 e. The largest absolute Gasteiger partial charge is 0.493 e. The molecular weight excluding hydrogens is 404 g/mol. The van der Waals surface area contributed by atoms with Gasteiger partial charge >= 0.3 is 0 Å². The molecule has 3 aromatic carbocycles. The lowest BCUT2D eigenvalue weighted by molar-refractivity contribution is 0.394. The first kappa shape index (κ1) is 23.1. The maximum absolute atomic E-state index is 12.9. The highest BCUT2D eigenvalue weighted by Gasteiger charge is 2.20. The summed E-state index contributed by atoms with van der Waals surface area (Å²) in [6, 6.07) is 22.0. The fourth-order valence-electron chi connectivity index (χ4n) is 4.09. The van der Waals surface area contributed by atoms with E-state index in [2.05, 4.69) is 51.1 Å². The van der Waals surface area contributed by atoms with Gasteiger partial charge in [0.25, 0.3) is 0 Å². The van der Waals surface area contributed by atoms with Crippen LogP contribution in [0.5, 0.6) is 11.5 Å². The number of rotatable bonds is 10. The third-order valence-corrected chi connectivity index (χ3v) is 6.60. The topological polar surface area (TPSA) is 35.5 Å². The molecule has 0 aliphatic rings. The quantitative estimate of drug-likeness (QED) is 0.356. The Morgan fingerprint density at radius 3 is 2.29 bits per heavy atom. The van der Waals surface area contributed by atoms with Crippen molar-refractivity contribution in [2.75, 3.05) is 7.11 Å². The summed E-state index contributed by atoms with van der Waals surface area (Å²) in [6.45, 7) is 6.60. The van der Waals surface area contributed by atoms with Gasteiger partial charge in [0.15, 0.2) is 11.5 Å². The predicted octanol–water partition coefficient (Wildman–Crippen LogP) is 6.66. The average molecular weight is 437 g/mol. The van der Waals surface area contributed by atoms with Crippen LogP contribution in [0.1, 0.15) is 55.4 Å². The van der Waals surface area contributed by atoms with E-state index >= 15 is 0 Å². The standard InChI is InChI=1S/C27H32O3S/c1-5-12-21-13-10-11-16-25(21)20(3)19-22-17-18-26(29-4)27(24(22)6-2)30-31(28)23-14-8-7-9-15-23/h7-11,13-18,20H,5-6,12,19H2,1-4H3. The first-order valence-electron chi connectivity index (χ1n) is 11.0. The molecule has 2 atom stereocenters. The molecule has 0 fully saturated rings. The van der Waals surface area contributed by atoms with Crippen LogP contribution >= 0.6 is 0 Å². The minimum atomic E-state index is -1.60. The Bertz CT molecular complexity index is 1010. The minimum Gasteiger partial charge on any atom is -0.493 e. The van der Waals surface area contributed by atoms with Gasteiger partial charge in [-0.05, 0) is 60.1 Å². The summed E-state index contributed by atoms with van der Waals surface area (Å²) in [5, 5.41) is 0. The zero-order valence-corrected chi connectivity index (χ0v) is 19.7. The Labute approximate surface area is 189 Å². The monoisotopic (exact) mass is 436 g/mol. The Hall–Kier alpha value is -2.59. The van der Waals surface area contributed by atoms with Crippen molar-refractivity contribution in [3.63, 3.8) is 0 Å². The summed E-state index contributed by atoms with van der Waals surface area (Å²) >= 11 is -1.60. The summed E-state index contributed by atoms with van der Waals surface area (Å²) in [5.41, 5.74) is 5.09. The van der Waals surface area contributed by atoms with Gasteiger partial charge in [0.2, 0.25) is 11.1 Å². The lowest BCUT2D eigenvalue weighted by Crippen LogP contribution is -2.09. The molecule has 164 valence electrons. The highest BCUT2D eigenvalue weighted by Crippen LogP contribution is 2.37. The van der Waals surface area contributed by atoms with E-state index < -0.39 is 11.1 Å². The van der Waals surface area contributed by atoms with Crippen molar-refractivity contribution < 1.29 is 13.1 Å². The lowest BCUT2D eigenvalue weighted by atomic mass is 9.87.